The van der Waals surface area contributed by atoms with E-state index in [9.17, 15) is 9.59 Å². The van der Waals surface area contributed by atoms with E-state index in [-0.39, 0.29) is 18.4 Å². The topological polar surface area (TPSA) is 74.9 Å². The summed E-state index contributed by atoms with van der Waals surface area (Å²) in [7, 11) is 3.27. The maximum atomic E-state index is 13.8. The molecule has 0 unspecified atom stereocenters. The second-order valence-corrected chi connectivity index (χ2v) is 9.18. The van der Waals surface area contributed by atoms with Gasteiger partial charge in [0, 0.05) is 61.6 Å². The zero-order valence-electron chi connectivity index (χ0n) is 22.1. The van der Waals surface area contributed by atoms with Gasteiger partial charge in [-0.1, -0.05) is 54.6 Å². The first kappa shape index (κ1) is 26.9. The molecule has 0 aliphatic carbocycles. The third kappa shape index (κ3) is 6.81. The largest absolute Gasteiger partial charge is 0.496 e. The molecule has 1 N–H and O–H groups in total. The molecule has 0 spiro atoms. The summed E-state index contributed by atoms with van der Waals surface area (Å²) in [6.07, 6.45) is 3.33. The van der Waals surface area contributed by atoms with E-state index in [2.05, 4.69) is 11.1 Å². The Morgan fingerprint density at radius 1 is 0.816 bits per heavy atom. The average Bonchev–Trinajstić information content (AvgIpc) is 3.38. The van der Waals surface area contributed by atoms with Gasteiger partial charge in [-0.2, -0.15) is 0 Å². The number of para-hydroxylation sites is 2. The van der Waals surface area contributed by atoms with E-state index < -0.39 is 0 Å². The van der Waals surface area contributed by atoms with Crippen molar-refractivity contribution in [2.24, 2.45) is 0 Å². The number of nitrogens with one attached hydrogen (secondary N) is 1. The number of hydrogen-bond acceptors (Lipinski definition) is 4. The first-order chi connectivity index (χ1) is 18.6. The highest BCUT2D eigenvalue weighted by Gasteiger charge is 2.23. The summed E-state index contributed by atoms with van der Waals surface area (Å²) in [5.74, 6) is 0.455. The monoisotopic (exact) mass is 513 g/mol. The third-order valence-electron chi connectivity index (χ3n) is 6.64. The molecule has 2 amide bonds. The predicted octanol–water partition coefficient (Wildman–Crippen LogP) is 4.93. The minimum Gasteiger partial charge on any atom is -0.496 e. The van der Waals surface area contributed by atoms with Gasteiger partial charge in [0.15, 0.2) is 0 Å². The van der Waals surface area contributed by atoms with Crippen LogP contribution in [0.3, 0.4) is 0 Å². The van der Waals surface area contributed by atoms with Gasteiger partial charge in [-0.3, -0.25) is 9.59 Å². The van der Waals surface area contributed by atoms with Crippen molar-refractivity contribution in [3.05, 3.63) is 102 Å². The highest BCUT2D eigenvalue weighted by Crippen LogP contribution is 2.22. The number of H-pyrrole nitrogens is 1. The standard InChI is InChI=1S/C31H35N3O4/c1-37-20-10-18-34(31(36)24-11-4-3-5-12-24)23-30(35)33(22-26-13-6-9-16-29(26)38-2)19-17-25-21-32-28-15-8-7-14-27(25)28/h3-9,11-16,21,32H,10,17-20,22-23H2,1-2H3. The van der Waals surface area contributed by atoms with Crippen LogP contribution < -0.4 is 4.74 Å². The van der Waals surface area contributed by atoms with Gasteiger partial charge in [0.1, 0.15) is 12.3 Å². The summed E-state index contributed by atoms with van der Waals surface area (Å²) in [4.78, 5) is 33.9. The Morgan fingerprint density at radius 2 is 1.55 bits per heavy atom. The Bertz CT molecular complexity index is 1340. The second kappa shape index (κ2) is 13.4. The van der Waals surface area contributed by atoms with Crippen LogP contribution in [0.25, 0.3) is 10.9 Å². The van der Waals surface area contributed by atoms with Gasteiger partial charge in [0.05, 0.1) is 7.11 Å². The average molecular weight is 514 g/mol. The van der Waals surface area contributed by atoms with Crippen molar-refractivity contribution in [3.8, 4) is 5.75 Å². The normalized spacial score (nSPS) is 10.9. The summed E-state index contributed by atoms with van der Waals surface area (Å²) < 4.78 is 10.8. The lowest BCUT2D eigenvalue weighted by Crippen LogP contribution is -2.44. The number of fused-ring (bicyclic) bond motifs is 1. The van der Waals surface area contributed by atoms with E-state index in [1.807, 2.05) is 71.8 Å². The number of methoxy groups -OCH3 is 2. The summed E-state index contributed by atoms with van der Waals surface area (Å²) in [5.41, 5.74) is 3.70. The minimum absolute atomic E-state index is 0.0134. The summed E-state index contributed by atoms with van der Waals surface area (Å²) in [5, 5.41) is 1.15. The van der Waals surface area contributed by atoms with Crippen LogP contribution in [0, 0.1) is 0 Å². The Kier molecular flexibility index (Phi) is 9.54. The molecular weight excluding hydrogens is 478 g/mol. The predicted molar refractivity (Wildman–Crippen MR) is 149 cm³/mol. The van der Waals surface area contributed by atoms with Gasteiger partial charge in [0.2, 0.25) is 5.91 Å². The molecule has 0 aliphatic heterocycles. The first-order valence-electron chi connectivity index (χ1n) is 12.9. The van der Waals surface area contributed by atoms with Crippen LogP contribution in [0.2, 0.25) is 0 Å². The molecule has 0 bridgehead atoms. The van der Waals surface area contributed by atoms with Crippen LogP contribution >= 0.6 is 0 Å². The molecule has 38 heavy (non-hydrogen) atoms. The van der Waals surface area contributed by atoms with E-state index in [0.717, 1.165) is 27.8 Å². The van der Waals surface area contributed by atoms with Crippen molar-refractivity contribution >= 4 is 22.7 Å². The minimum atomic E-state index is -0.163. The van der Waals surface area contributed by atoms with Crippen molar-refractivity contribution in [1.29, 1.82) is 0 Å². The molecule has 0 atom stereocenters. The number of aromatic amines is 1. The highest BCUT2D eigenvalue weighted by molar-refractivity contribution is 5.96. The number of carbonyl (C=O) groups excluding carboxylic acids is 2. The van der Waals surface area contributed by atoms with Gasteiger partial charge in [-0.25, -0.2) is 0 Å². The smallest absolute Gasteiger partial charge is 0.254 e. The van der Waals surface area contributed by atoms with E-state index >= 15 is 0 Å². The van der Waals surface area contributed by atoms with Gasteiger partial charge < -0.3 is 24.3 Å². The number of rotatable bonds is 13. The van der Waals surface area contributed by atoms with E-state index in [4.69, 9.17) is 9.47 Å². The van der Waals surface area contributed by atoms with Crippen LogP contribution in [0.1, 0.15) is 27.9 Å². The van der Waals surface area contributed by atoms with Crippen molar-refractivity contribution < 1.29 is 19.1 Å². The number of aromatic nitrogens is 1. The number of nitrogens with zero attached hydrogens (tertiary/aromatic N) is 2. The molecule has 4 rings (SSSR count). The molecule has 1 aromatic heterocycles. The molecule has 3 aromatic carbocycles. The molecule has 0 aliphatic rings. The number of carbonyl (C=O) groups is 2. The molecule has 0 fully saturated rings. The molecule has 7 nitrogen and oxygen atoms in total. The van der Waals surface area contributed by atoms with Crippen LogP contribution in [0.5, 0.6) is 5.75 Å². The Balaban J connectivity index is 1.56. The first-order valence-corrected chi connectivity index (χ1v) is 12.9. The molecule has 4 aromatic rings. The van der Waals surface area contributed by atoms with E-state index in [1.54, 1.807) is 31.3 Å². The van der Waals surface area contributed by atoms with Crippen molar-refractivity contribution in [2.45, 2.75) is 19.4 Å². The summed E-state index contributed by atoms with van der Waals surface area (Å²) in [6.45, 7) is 1.82. The molecule has 0 saturated carbocycles. The summed E-state index contributed by atoms with van der Waals surface area (Å²) in [6, 6.07) is 25.0. The molecular formula is C31H35N3O4. The molecule has 7 heteroatoms. The molecule has 0 saturated heterocycles. The number of ether oxygens (including phenoxy) is 2. The number of amides is 2. The van der Waals surface area contributed by atoms with E-state index in [1.165, 1.54) is 0 Å². The lowest BCUT2D eigenvalue weighted by molar-refractivity contribution is -0.132. The van der Waals surface area contributed by atoms with Gasteiger partial charge in [-0.05, 0) is 42.7 Å². The fourth-order valence-corrected chi connectivity index (χ4v) is 4.60. The van der Waals surface area contributed by atoms with Gasteiger partial charge >= 0.3 is 0 Å². The molecule has 1 heterocycles. The van der Waals surface area contributed by atoms with Gasteiger partial charge in [0.25, 0.3) is 5.91 Å². The zero-order chi connectivity index (χ0) is 26.7. The quantitative estimate of drug-likeness (QED) is 0.257. The maximum Gasteiger partial charge on any atom is 0.254 e. The van der Waals surface area contributed by atoms with Crippen molar-refractivity contribution in [3.63, 3.8) is 0 Å². The Morgan fingerprint density at radius 3 is 2.34 bits per heavy atom. The summed E-state index contributed by atoms with van der Waals surface area (Å²) >= 11 is 0. The lowest BCUT2D eigenvalue weighted by Gasteiger charge is -2.28. The lowest BCUT2D eigenvalue weighted by atomic mass is 10.1. The van der Waals surface area contributed by atoms with Crippen LogP contribution in [0.15, 0.2) is 85.1 Å². The van der Waals surface area contributed by atoms with E-state index in [0.29, 0.717) is 44.6 Å². The fourth-order valence-electron chi connectivity index (χ4n) is 4.60. The van der Waals surface area contributed by atoms with Gasteiger partial charge in [-0.15, -0.1) is 0 Å². The zero-order valence-corrected chi connectivity index (χ0v) is 22.1. The highest BCUT2D eigenvalue weighted by atomic mass is 16.5. The second-order valence-electron chi connectivity index (χ2n) is 9.18. The molecule has 0 radical (unpaired) electrons. The van der Waals surface area contributed by atoms with Crippen molar-refractivity contribution in [2.75, 3.05) is 40.5 Å². The van der Waals surface area contributed by atoms with Crippen LogP contribution in [-0.2, 0) is 22.5 Å². The maximum absolute atomic E-state index is 13.8. The number of hydrogen-bond donors (Lipinski definition) is 1. The number of benzene rings is 3. The third-order valence-corrected chi connectivity index (χ3v) is 6.64. The SMILES string of the molecule is COCCCN(CC(=O)N(CCc1c[nH]c2ccccc12)Cc1ccccc1OC)C(=O)c1ccccc1. The fraction of sp³-hybridized carbons (Fsp3) is 0.290. The Labute approximate surface area is 224 Å². The van der Waals surface area contributed by atoms with Crippen LogP contribution in [-0.4, -0.2) is 67.1 Å². The Hall–Kier alpha value is -4.10. The van der Waals surface area contributed by atoms with Crippen molar-refractivity contribution in [1.82, 2.24) is 14.8 Å². The van der Waals surface area contributed by atoms with Crippen LogP contribution in [0.4, 0.5) is 0 Å². The molecule has 198 valence electrons.